The molecule has 0 saturated heterocycles. The Hall–Kier alpha value is -2.72. The van der Waals surface area contributed by atoms with Gasteiger partial charge in [0.25, 0.3) is 0 Å². The SMILES string of the molecule is CC(C)C(NC(=O)C1CCC(CNS(=O)(=O)c2ccc(F)cc2)CC1)C(=O)NCc1ccco1. The van der Waals surface area contributed by atoms with Crippen molar-refractivity contribution in [2.45, 2.75) is 57.0 Å². The molecule has 8 nitrogen and oxygen atoms in total. The molecule has 1 aliphatic carbocycles. The quantitative estimate of drug-likeness (QED) is 0.470. The highest BCUT2D eigenvalue weighted by Gasteiger charge is 2.31. The van der Waals surface area contributed by atoms with E-state index in [2.05, 4.69) is 15.4 Å². The summed E-state index contributed by atoms with van der Waals surface area (Å²) in [6.07, 6.45) is 4.16. The second-order valence-electron chi connectivity index (χ2n) is 9.05. The third-order valence-corrected chi connectivity index (χ3v) is 7.61. The molecule has 1 heterocycles. The first kappa shape index (κ1) is 25.9. The van der Waals surface area contributed by atoms with Gasteiger partial charge in [-0.3, -0.25) is 9.59 Å². The highest BCUT2D eigenvalue weighted by molar-refractivity contribution is 7.89. The van der Waals surface area contributed by atoms with Crippen molar-refractivity contribution in [1.29, 1.82) is 0 Å². The van der Waals surface area contributed by atoms with Crippen LogP contribution in [0.4, 0.5) is 4.39 Å². The van der Waals surface area contributed by atoms with Gasteiger partial charge < -0.3 is 15.1 Å². The topological polar surface area (TPSA) is 118 Å². The van der Waals surface area contributed by atoms with Crippen molar-refractivity contribution in [1.82, 2.24) is 15.4 Å². The molecule has 1 aromatic carbocycles. The van der Waals surface area contributed by atoms with Crippen LogP contribution in [0.1, 0.15) is 45.3 Å². The van der Waals surface area contributed by atoms with Crippen LogP contribution in [0.3, 0.4) is 0 Å². The highest BCUT2D eigenvalue weighted by Crippen LogP contribution is 2.29. The third kappa shape index (κ3) is 7.14. The van der Waals surface area contributed by atoms with Crippen LogP contribution >= 0.6 is 0 Å². The van der Waals surface area contributed by atoms with Crippen molar-refractivity contribution in [2.24, 2.45) is 17.8 Å². The molecule has 34 heavy (non-hydrogen) atoms. The first-order valence-corrected chi connectivity index (χ1v) is 13.0. The summed E-state index contributed by atoms with van der Waals surface area (Å²) in [5.74, 6) is -0.472. The van der Waals surface area contributed by atoms with Gasteiger partial charge in [-0.25, -0.2) is 17.5 Å². The summed E-state index contributed by atoms with van der Waals surface area (Å²) < 4.78 is 45.6. The molecule has 2 amide bonds. The average molecular weight is 494 g/mol. The second kappa shape index (κ2) is 11.6. The van der Waals surface area contributed by atoms with Gasteiger partial charge in [-0.15, -0.1) is 0 Å². The fraction of sp³-hybridized carbons (Fsp3) is 0.500. The Balaban J connectivity index is 1.45. The lowest BCUT2D eigenvalue weighted by atomic mass is 9.81. The molecular formula is C24H32FN3O5S. The molecule has 1 aliphatic rings. The van der Waals surface area contributed by atoms with E-state index < -0.39 is 21.9 Å². The maximum Gasteiger partial charge on any atom is 0.243 e. The molecule has 186 valence electrons. The number of sulfonamides is 1. The van der Waals surface area contributed by atoms with Gasteiger partial charge >= 0.3 is 0 Å². The molecule has 0 aliphatic heterocycles. The third-order valence-electron chi connectivity index (χ3n) is 6.17. The number of hydrogen-bond acceptors (Lipinski definition) is 5. The summed E-state index contributed by atoms with van der Waals surface area (Å²) in [5.41, 5.74) is 0. The summed E-state index contributed by atoms with van der Waals surface area (Å²) >= 11 is 0. The smallest absolute Gasteiger partial charge is 0.243 e. The number of nitrogens with one attached hydrogen (secondary N) is 3. The lowest BCUT2D eigenvalue weighted by Crippen LogP contribution is -2.51. The number of amides is 2. The molecule has 1 fully saturated rings. The minimum Gasteiger partial charge on any atom is -0.467 e. The van der Waals surface area contributed by atoms with Crippen molar-refractivity contribution in [3.05, 3.63) is 54.2 Å². The summed E-state index contributed by atoms with van der Waals surface area (Å²) in [4.78, 5) is 25.5. The van der Waals surface area contributed by atoms with Gasteiger partial charge in [-0.2, -0.15) is 0 Å². The number of halogens is 1. The lowest BCUT2D eigenvalue weighted by Gasteiger charge is -2.30. The van der Waals surface area contributed by atoms with Crippen LogP contribution < -0.4 is 15.4 Å². The summed E-state index contributed by atoms with van der Waals surface area (Å²) in [6, 6.07) is 7.54. The number of carbonyl (C=O) groups excluding carboxylic acids is 2. The van der Waals surface area contributed by atoms with Gasteiger partial charge in [0.05, 0.1) is 17.7 Å². The van der Waals surface area contributed by atoms with Gasteiger partial charge in [-0.1, -0.05) is 13.8 Å². The van der Waals surface area contributed by atoms with Gasteiger partial charge in [0.1, 0.15) is 17.6 Å². The first-order valence-electron chi connectivity index (χ1n) is 11.5. The molecule has 10 heteroatoms. The van der Waals surface area contributed by atoms with E-state index in [0.29, 0.717) is 31.4 Å². The molecular weight excluding hydrogens is 461 g/mol. The van der Waals surface area contributed by atoms with Crippen LogP contribution in [-0.4, -0.2) is 32.8 Å². The zero-order chi connectivity index (χ0) is 24.7. The standard InChI is InChI=1S/C24H32FN3O5S/c1-16(2)22(24(30)26-15-20-4-3-13-33-20)28-23(29)18-7-5-17(6-8-18)14-27-34(31,32)21-11-9-19(25)10-12-21/h3-4,9-13,16-18,22,27H,5-8,14-15H2,1-2H3,(H,26,30)(H,28,29). The summed E-state index contributed by atoms with van der Waals surface area (Å²) in [7, 11) is -3.71. The van der Waals surface area contributed by atoms with E-state index in [1.54, 1.807) is 12.1 Å². The number of rotatable bonds is 10. The normalized spacial score (nSPS) is 19.5. The zero-order valence-electron chi connectivity index (χ0n) is 19.4. The van der Waals surface area contributed by atoms with Gasteiger partial charge in [0.15, 0.2) is 0 Å². The van der Waals surface area contributed by atoms with Crippen molar-refractivity contribution in [3.63, 3.8) is 0 Å². The second-order valence-corrected chi connectivity index (χ2v) is 10.8. The Bertz CT molecular complexity index is 1050. The van der Waals surface area contributed by atoms with Gasteiger partial charge in [-0.05, 0) is 73.9 Å². The molecule has 1 atom stereocenters. The van der Waals surface area contributed by atoms with Crippen molar-refractivity contribution < 1.29 is 26.8 Å². The van der Waals surface area contributed by atoms with Crippen LogP contribution in [0.5, 0.6) is 0 Å². The minimum atomic E-state index is -3.71. The molecule has 1 aromatic heterocycles. The maximum absolute atomic E-state index is 13.0. The molecule has 3 N–H and O–H groups in total. The van der Waals surface area contributed by atoms with Crippen molar-refractivity contribution in [2.75, 3.05) is 6.54 Å². The van der Waals surface area contributed by atoms with Crippen molar-refractivity contribution >= 4 is 21.8 Å². The van der Waals surface area contributed by atoms with E-state index in [0.717, 1.165) is 12.1 Å². The average Bonchev–Trinajstić information content (AvgIpc) is 3.34. The zero-order valence-corrected chi connectivity index (χ0v) is 20.2. The van der Waals surface area contributed by atoms with E-state index in [9.17, 15) is 22.4 Å². The summed E-state index contributed by atoms with van der Waals surface area (Å²) in [6.45, 7) is 4.27. The van der Waals surface area contributed by atoms with Crippen LogP contribution in [-0.2, 0) is 26.2 Å². The van der Waals surface area contributed by atoms with Crippen LogP contribution in [0.15, 0.2) is 52.0 Å². The van der Waals surface area contributed by atoms with Gasteiger partial charge in [0, 0.05) is 12.5 Å². The van der Waals surface area contributed by atoms with Gasteiger partial charge in [0.2, 0.25) is 21.8 Å². The number of carbonyl (C=O) groups is 2. The minimum absolute atomic E-state index is 0.0204. The van der Waals surface area contributed by atoms with E-state index in [1.807, 2.05) is 13.8 Å². The fourth-order valence-electron chi connectivity index (χ4n) is 4.06. The van der Waals surface area contributed by atoms with Crippen LogP contribution in [0.25, 0.3) is 0 Å². The lowest BCUT2D eigenvalue weighted by molar-refractivity contribution is -0.133. The molecule has 0 radical (unpaired) electrons. The van der Waals surface area contributed by atoms with E-state index in [-0.39, 0.29) is 47.6 Å². The number of hydrogen-bond donors (Lipinski definition) is 3. The number of benzene rings is 1. The molecule has 1 saturated carbocycles. The Labute approximate surface area is 199 Å². The molecule has 1 unspecified atom stereocenters. The first-order chi connectivity index (χ1) is 16.2. The Morgan fingerprint density at radius 1 is 1.09 bits per heavy atom. The Morgan fingerprint density at radius 2 is 1.76 bits per heavy atom. The molecule has 2 aromatic rings. The van der Waals surface area contributed by atoms with E-state index in [4.69, 9.17) is 4.42 Å². The van der Waals surface area contributed by atoms with E-state index >= 15 is 0 Å². The predicted octanol–water partition coefficient (Wildman–Crippen LogP) is 2.96. The molecule has 0 bridgehead atoms. The number of furan rings is 1. The Morgan fingerprint density at radius 3 is 2.35 bits per heavy atom. The highest BCUT2D eigenvalue weighted by atomic mass is 32.2. The fourth-order valence-corrected chi connectivity index (χ4v) is 5.17. The van der Waals surface area contributed by atoms with E-state index in [1.165, 1.54) is 18.4 Å². The predicted molar refractivity (Wildman–Crippen MR) is 124 cm³/mol. The largest absolute Gasteiger partial charge is 0.467 e. The Kier molecular flexibility index (Phi) is 8.84. The maximum atomic E-state index is 13.0. The monoisotopic (exact) mass is 493 g/mol. The molecule has 0 spiro atoms. The van der Waals surface area contributed by atoms with Crippen LogP contribution in [0, 0.1) is 23.6 Å². The molecule has 3 rings (SSSR count). The summed E-state index contributed by atoms with van der Waals surface area (Å²) in [5, 5.41) is 5.69. The van der Waals surface area contributed by atoms with Crippen LogP contribution in [0.2, 0.25) is 0 Å². The van der Waals surface area contributed by atoms with Crippen molar-refractivity contribution in [3.8, 4) is 0 Å².